The Balaban J connectivity index is 1.56. The molecule has 2 fully saturated rings. The summed E-state index contributed by atoms with van der Waals surface area (Å²) in [5.41, 5.74) is 1.42. The van der Waals surface area contributed by atoms with Gasteiger partial charge in [0.1, 0.15) is 0 Å². The first-order chi connectivity index (χ1) is 11.7. The van der Waals surface area contributed by atoms with Crippen LogP contribution in [0.5, 0.6) is 0 Å². The third kappa shape index (κ3) is 2.60. The molecule has 2 aromatic rings. The lowest BCUT2D eigenvalue weighted by molar-refractivity contribution is -0.0215. The largest absolute Gasteiger partial charge is 0.421 e. The smallest absolute Gasteiger partial charge is 0.254 e. The van der Waals surface area contributed by atoms with Gasteiger partial charge >= 0.3 is 0 Å². The van der Waals surface area contributed by atoms with Gasteiger partial charge in [-0.3, -0.25) is 4.79 Å². The molecule has 6 heteroatoms. The molecule has 1 atom stereocenters. The Morgan fingerprint density at radius 1 is 1.17 bits per heavy atom. The van der Waals surface area contributed by atoms with Gasteiger partial charge in [-0.25, -0.2) is 0 Å². The predicted molar refractivity (Wildman–Crippen MR) is 87.5 cm³/mol. The molecule has 0 bridgehead atoms. The topological polar surface area (TPSA) is 68.5 Å². The fourth-order valence-corrected chi connectivity index (χ4v) is 3.83. The lowest BCUT2D eigenvalue weighted by Crippen LogP contribution is -2.52. The van der Waals surface area contributed by atoms with E-state index in [1.165, 1.54) is 0 Å². The Labute approximate surface area is 140 Å². The van der Waals surface area contributed by atoms with Crippen molar-refractivity contribution in [2.24, 2.45) is 0 Å². The third-order valence-corrected chi connectivity index (χ3v) is 5.05. The number of likely N-dealkylation sites (tertiary alicyclic amines) is 1. The molecule has 0 radical (unpaired) electrons. The minimum atomic E-state index is -0.0996. The van der Waals surface area contributed by atoms with E-state index in [1.807, 2.05) is 29.2 Å². The van der Waals surface area contributed by atoms with Crippen LogP contribution in [0.25, 0.3) is 11.5 Å². The summed E-state index contributed by atoms with van der Waals surface area (Å²) in [5.74, 6) is 1.09. The van der Waals surface area contributed by atoms with E-state index in [1.54, 1.807) is 6.92 Å². The van der Waals surface area contributed by atoms with Gasteiger partial charge in [-0.15, -0.1) is 10.2 Å². The molecule has 2 aliphatic rings. The highest BCUT2D eigenvalue weighted by Crippen LogP contribution is 2.37. The highest BCUT2D eigenvalue weighted by atomic mass is 16.5. The summed E-state index contributed by atoms with van der Waals surface area (Å²) in [7, 11) is 0. The summed E-state index contributed by atoms with van der Waals surface area (Å²) < 4.78 is 11.1. The molecular formula is C18H21N3O3. The zero-order chi connectivity index (χ0) is 16.6. The van der Waals surface area contributed by atoms with Crippen LogP contribution in [0.1, 0.15) is 41.9 Å². The van der Waals surface area contributed by atoms with E-state index < -0.39 is 0 Å². The molecule has 0 N–H and O–H groups in total. The normalized spacial score (nSPS) is 23.8. The van der Waals surface area contributed by atoms with Crippen LogP contribution in [0.3, 0.4) is 0 Å². The van der Waals surface area contributed by atoms with Crippen molar-refractivity contribution in [3.05, 3.63) is 35.7 Å². The molecule has 1 amide bonds. The quantitative estimate of drug-likeness (QED) is 0.848. The van der Waals surface area contributed by atoms with E-state index in [4.69, 9.17) is 9.15 Å². The highest BCUT2D eigenvalue weighted by Gasteiger charge is 2.44. The van der Waals surface area contributed by atoms with Crippen LogP contribution in [0.2, 0.25) is 0 Å². The first kappa shape index (κ1) is 15.3. The van der Waals surface area contributed by atoms with Gasteiger partial charge in [-0.05, 0) is 49.9 Å². The van der Waals surface area contributed by atoms with Gasteiger partial charge in [-0.1, -0.05) is 0 Å². The van der Waals surface area contributed by atoms with Crippen molar-refractivity contribution in [2.45, 2.75) is 38.1 Å². The minimum Gasteiger partial charge on any atom is -0.421 e. The third-order valence-electron chi connectivity index (χ3n) is 5.05. The van der Waals surface area contributed by atoms with Crippen LogP contribution in [0.4, 0.5) is 0 Å². The summed E-state index contributed by atoms with van der Waals surface area (Å²) in [4.78, 5) is 15.0. The Morgan fingerprint density at radius 2 is 1.96 bits per heavy atom. The van der Waals surface area contributed by atoms with E-state index in [-0.39, 0.29) is 11.4 Å². The van der Waals surface area contributed by atoms with Crippen LogP contribution in [0.15, 0.2) is 28.7 Å². The Bertz CT molecular complexity index is 732. The van der Waals surface area contributed by atoms with E-state index in [0.29, 0.717) is 24.0 Å². The van der Waals surface area contributed by atoms with Crippen molar-refractivity contribution in [3.8, 4) is 11.5 Å². The summed E-state index contributed by atoms with van der Waals surface area (Å²) in [6.45, 7) is 4.04. The second-order valence-electron chi connectivity index (χ2n) is 6.64. The molecule has 126 valence electrons. The summed E-state index contributed by atoms with van der Waals surface area (Å²) in [5, 5.41) is 7.84. The maximum atomic E-state index is 13.0. The maximum absolute atomic E-state index is 13.0. The van der Waals surface area contributed by atoms with Crippen molar-refractivity contribution in [2.75, 3.05) is 19.8 Å². The first-order valence-corrected chi connectivity index (χ1v) is 8.48. The van der Waals surface area contributed by atoms with Crippen LogP contribution >= 0.6 is 0 Å². The minimum absolute atomic E-state index is 0.0891. The Hall–Kier alpha value is -2.21. The number of nitrogens with zero attached hydrogens (tertiary/aromatic N) is 3. The molecule has 1 spiro atoms. The van der Waals surface area contributed by atoms with Crippen LogP contribution in [-0.4, -0.2) is 46.3 Å². The van der Waals surface area contributed by atoms with E-state index in [9.17, 15) is 4.79 Å². The molecule has 3 heterocycles. The molecule has 0 saturated carbocycles. The maximum Gasteiger partial charge on any atom is 0.254 e. The summed E-state index contributed by atoms with van der Waals surface area (Å²) >= 11 is 0. The molecule has 2 aliphatic heterocycles. The fourth-order valence-electron chi connectivity index (χ4n) is 3.83. The van der Waals surface area contributed by atoms with Gasteiger partial charge in [0, 0.05) is 31.2 Å². The van der Waals surface area contributed by atoms with Crippen LogP contribution < -0.4 is 0 Å². The second kappa shape index (κ2) is 6.02. The van der Waals surface area contributed by atoms with Gasteiger partial charge in [0.2, 0.25) is 11.8 Å². The first-order valence-electron chi connectivity index (χ1n) is 8.48. The number of hydrogen-bond acceptors (Lipinski definition) is 5. The van der Waals surface area contributed by atoms with Gasteiger partial charge in [0.25, 0.3) is 5.91 Å². The van der Waals surface area contributed by atoms with E-state index >= 15 is 0 Å². The fraction of sp³-hybridized carbons (Fsp3) is 0.500. The molecule has 0 aliphatic carbocycles. The van der Waals surface area contributed by atoms with E-state index in [2.05, 4.69) is 10.2 Å². The number of carbonyl (C=O) groups is 1. The van der Waals surface area contributed by atoms with Gasteiger partial charge in [-0.2, -0.15) is 0 Å². The molecule has 2 saturated heterocycles. The molecular weight excluding hydrogens is 306 g/mol. The van der Waals surface area contributed by atoms with Crippen molar-refractivity contribution in [1.82, 2.24) is 15.1 Å². The molecule has 1 unspecified atom stereocenters. The average Bonchev–Trinajstić information content (AvgIpc) is 3.22. The second-order valence-corrected chi connectivity index (χ2v) is 6.64. The average molecular weight is 327 g/mol. The zero-order valence-electron chi connectivity index (χ0n) is 13.8. The van der Waals surface area contributed by atoms with Crippen LogP contribution in [-0.2, 0) is 4.74 Å². The number of aromatic nitrogens is 2. The van der Waals surface area contributed by atoms with Crippen molar-refractivity contribution >= 4 is 5.91 Å². The molecule has 1 aromatic carbocycles. The number of benzene rings is 1. The number of carbonyl (C=O) groups excluding carboxylic acids is 1. The van der Waals surface area contributed by atoms with Crippen molar-refractivity contribution in [1.29, 1.82) is 0 Å². The number of ether oxygens (including phenoxy) is 1. The predicted octanol–water partition coefficient (Wildman–Crippen LogP) is 2.83. The molecule has 1 aromatic heterocycles. The van der Waals surface area contributed by atoms with Crippen molar-refractivity contribution in [3.63, 3.8) is 0 Å². The summed E-state index contributed by atoms with van der Waals surface area (Å²) in [6.07, 6.45) is 4.16. The number of aryl methyl sites for hydroxylation is 1. The molecule has 6 nitrogen and oxygen atoms in total. The number of hydrogen-bond donors (Lipinski definition) is 0. The Kier molecular flexibility index (Phi) is 3.84. The van der Waals surface area contributed by atoms with Gasteiger partial charge < -0.3 is 14.1 Å². The number of rotatable bonds is 2. The number of amides is 1. The van der Waals surface area contributed by atoms with Gasteiger partial charge in [0.15, 0.2) is 0 Å². The van der Waals surface area contributed by atoms with Crippen LogP contribution in [0, 0.1) is 6.92 Å². The molecule has 4 rings (SSSR count). The summed E-state index contributed by atoms with van der Waals surface area (Å²) in [6, 6.07) is 7.40. The SMILES string of the molecule is Cc1nnc(-c2ccc(C(=O)N3CCCC34CCCOC4)cc2)o1. The zero-order valence-corrected chi connectivity index (χ0v) is 13.8. The van der Waals surface area contributed by atoms with Crippen molar-refractivity contribution < 1.29 is 13.9 Å². The van der Waals surface area contributed by atoms with E-state index in [0.717, 1.165) is 44.4 Å². The van der Waals surface area contributed by atoms with Gasteiger partial charge in [0.05, 0.1) is 12.1 Å². The highest BCUT2D eigenvalue weighted by molar-refractivity contribution is 5.95. The molecule has 24 heavy (non-hydrogen) atoms. The monoisotopic (exact) mass is 327 g/mol. The standard InChI is InChI=1S/C18H21N3O3/c1-13-19-20-16(24-13)14-4-6-15(7-5-14)17(22)21-10-2-8-18(21)9-3-11-23-12-18/h4-7H,2-3,8-12H2,1H3. The lowest BCUT2D eigenvalue weighted by atomic mass is 9.89. The lowest BCUT2D eigenvalue weighted by Gasteiger charge is -2.41. The Morgan fingerprint density at radius 3 is 2.62 bits per heavy atom.